The molecule has 1 N–H and O–H groups in total. The molecule has 0 saturated carbocycles. The maximum Gasteiger partial charge on any atom is 0.281 e. The Kier molecular flexibility index (Phi) is 6.79. The predicted octanol–water partition coefficient (Wildman–Crippen LogP) is 1.49. The fourth-order valence-corrected chi connectivity index (χ4v) is 4.85. The van der Waals surface area contributed by atoms with Gasteiger partial charge in [0.2, 0.25) is 0 Å². The quantitative estimate of drug-likeness (QED) is 0.764. The van der Waals surface area contributed by atoms with Gasteiger partial charge < -0.3 is 4.74 Å². The van der Waals surface area contributed by atoms with Gasteiger partial charge in [0.25, 0.3) is 10.2 Å². The zero-order valence-electron chi connectivity index (χ0n) is 15.2. The van der Waals surface area contributed by atoms with Crippen molar-refractivity contribution in [1.82, 2.24) is 18.8 Å². The molecule has 1 aliphatic rings. The molecule has 0 aliphatic carbocycles. The Hall–Kier alpha value is -0.960. The molecule has 1 unspecified atom stereocenters. The van der Waals surface area contributed by atoms with Crippen molar-refractivity contribution >= 4 is 10.2 Å². The molecule has 0 amide bonds. The van der Waals surface area contributed by atoms with Gasteiger partial charge in [0, 0.05) is 39.5 Å². The van der Waals surface area contributed by atoms with Crippen molar-refractivity contribution in [3.8, 4) is 0 Å². The molecule has 1 aromatic heterocycles. The van der Waals surface area contributed by atoms with E-state index in [-0.39, 0.29) is 0 Å². The number of ether oxygens (including phenoxy) is 1. The van der Waals surface area contributed by atoms with Gasteiger partial charge in [-0.3, -0.25) is 5.10 Å². The van der Waals surface area contributed by atoms with E-state index in [0.29, 0.717) is 32.2 Å². The molecule has 0 radical (unpaired) electrons. The first-order valence-electron chi connectivity index (χ1n) is 8.57. The molecule has 1 saturated heterocycles. The van der Waals surface area contributed by atoms with Gasteiger partial charge >= 0.3 is 0 Å². The van der Waals surface area contributed by atoms with Crippen molar-refractivity contribution in [3.63, 3.8) is 0 Å². The third kappa shape index (κ3) is 4.56. The maximum atomic E-state index is 12.8. The normalized spacial score (nSPS) is 20.0. The highest BCUT2D eigenvalue weighted by Gasteiger charge is 2.31. The molecular weight excluding hydrogens is 328 g/mol. The Morgan fingerprint density at radius 2 is 2.17 bits per heavy atom. The second-order valence-electron chi connectivity index (χ2n) is 6.67. The van der Waals surface area contributed by atoms with Gasteiger partial charge in [0.15, 0.2) is 0 Å². The van der Waals surface area contributed by atoms with E-state index in [1.165, 1.54) is 9.87 Å². The summed E-state index contributed by atoms with van der Waals surface area (Å²) >= 11 is 0. The molecule has 138 valence electrons. The number of hydrogen-bond acceptors (Lipinski definition) is 4. The Balaban J connectivity index is 1.89. The van der Waals surface area contributed by atoms with Crippen LogP contribution in [-0.2, 0) is 21.4 Å². The minimum Gasteiger partial charge on any atom is -0.384 e. The van der Waals surface area contributed by atoms with E-state index in [2.05, 4.69) is 10.2 Å². The topological polar surface area (TPSA) is 78.5 Å². The summed E-state index contributed by atoms with van der Waals surface area (Å²) in [5.74, 6) is 0.295. The number of methoxy groups -OCH3 is 1. The molecule has 0 aromatic carbocycles. The Labute approximate surface area is 145 Å². The maximum absolute atomic E-state index is 12.8. The molecule has 1 atom stereocenters. The average Bonchev–Trinajstić information content (AvgIpc) is 2.87. The van der Waals surface area contributed by atoms with Crippen LogP contribution in [0.1, 0.15) is 36.2 Å². The van der Waals surface area contributed by atoms with Crippen LogP contribution in [0.5, 0.6) is 0 Å². The summed E-state index contributed by atoms with van der Waals surface area (Å²) in [5, 5.41) is 7.16. The predicted molar refractivity (Wildman–Crippen MR) is 94.1 cm³/mol. The van der Waals surface area contributed by atoms with Crippen molar-refractivity contribution in [1.29, 1.82) is 0 Å². The number of rotatable bonds is 8. The molecule has 1 aromatic rings. The number of nitrogens with zero attached hydrogens (tertiary/aromatic N) is 3. The minimum atomic E-state index is -3.39. The van der Waals surface area contributed by atoms with Crippen LogP contribution in [0.2, 0.25) is 0 Å². The van der Waals surface area contributed by atoms with Crippen LogP contribution in [0, 0.1) is 19.8 Å². The van der Waals surface area contributed by atoms with E-state index in [4.69, 9.17) is 4.74 Å². The van der Waals surface area contributed by atoms with E-state index < -0.39 is 10.2 Å². The van der Waals surface area contributed by atoms with E-state index >= 15 is 0 Å². The number of aryl methyl sites for hydroxylation is 2. The first kappa shape index (κ1) is 19.4. The van der Waals surface area contributed by atoms with Crippen LogP contribution in [-0.4, -0.2) is 67.6 Å². The molecule has 0 spiro atoms. The standard InChI is InChI=1S/C16H30N4O3S/c1-13-16(14(2)18-17-13)8-6-9-19(3)24(21,22)20-10-5-7-15(11-20)12-23-4/h15H,5-12H2,1-4H3,(H,17,18). The number of aromatic nitrogens is 2. The highest BCUT2D eigenvalue weighted by atomic mass is 32.2. The summed E-state index contributed by atoms with van der Waals surface area (Å²) in [4.78, 5) is 0. The zero-order chi connectivity index (χ0) is 17.7. The molecule has 2 rings (SSSR count). The molecule has 1 aliphatic heterocycles. The fourth-order valence-electron chi connectivity index (χ4n) is 3.34. The van der Waals surface area contributed by atoms with Gasteiger partial charge in [-0.2, -0.15) is 22.1 Å². The zero-order valence-corrected chi connectivity index (χ0v) is 16.0. The molecule has 24 heavy (non-hydrogen) atoms. The fraction of sp³-hybridized carbons (Fsp3) is 0.812. The lowest BCUT2D eigenvalue weighted by atomic mass is 10.0. The second kappa shape index (κ2) is 8.42. The third-order valence-electron chi connectivity index (χ3n) is 4.78. The summed E-state index contributed by atoms with van der Waals surface area (Å²) in [7, 11) is -0.0498. The SMILES string of the molecule is COCC1CCCN(S(=O)(=O)N(C)CCCc2c(C)n[nH]c2C)C1. The molecule has 8 heteroatoms. The highest BCUT2D eigenvalue weighted by Crippen LogP contribution is 2.21. The van der Waals surface area contributed by atoms with Crippen LogP contribution in [0.25, 0.3) is 0 Å². The highest BCUT2D eigenvalue weighted by molar-refractivity contribution is 7.86. The van der Waals surface area contributed by atoms with Crippen LogP contribution in [0.3, 0.4) is 0 Å². The van der Waals surface area contributed by atoms with Crippen molar-refractivity contribution in [2.24, 2.45) is 5.92 Å². The molecular formula is C16H30N4O3S. The lowest BCUT2D eigenvalue weighted by Gasteiger charge is -2.34. The lowest BCUT2D eigenvalue weighted by molar-refractivity contribution is 0.116. The van der Waals surface area contributed by atoms with E-state index in [0.717, 1.165) is 37.1 Å². The Morgan fingerprint density at radius 1 is 1.42 bits per heavy atom. The molecule has 0 bridgehead atoms. The number of aromatic amines is 1. The number of H-pyrrole nitrogens is 1. The number of piperidine rings is 1. The molecule has 7 nitrogen and oxygen atoms in total. The van der Waals surface area contributed by atoms with Crippen molar-refractivity contribution in [3.05, 3.63) is 17.0 Å². The summed E-state index contributed by atoms with van der Waals surface area (Å²) < 4.78 is 33.8. The van der Waals surface area contributed by atoms with E-state index in [1.54, 1.807) is 18.5 Å². The van der Waals surface area contributed by atoms with E-state index in [9.17, 15) is 8.42 Å². The molecule has 2 heterocycles. The van der Waals surface area contributed by atoms with Gasteiger partial charge in [0.05, 0.1) is 12.3 Å². The Bertz CT molecular complexity index is 608. The number of hydrogen-bond donors (Lipinski definition) is 1. The van der Waals surface area contributed by atoms with Crippen molar-refractivity contribution in [2.75, 3.05) is 40.4 Å². The van der Waals surface area contributed by atoms with Crippen molar-refractivity contribution < 1.29 is 13.2 Å². The lowest BCUT2D eigenvalue weighted by Crippen LogP contribution is -2.47. The summed E-state index contributed by atoms with van der Waals surface area (Å²) in [6, 6.07) is 0. The van der Waals surface area contributed by atoms with Gasteiger partial charge in [-0.25, -0.2) is 0 Å². The first-order valence-corrected chi connectivity index (χ1v) is 9.96. The average molecular weight is 359 g/mol. The van der Waals surface area contributed by atoms with E-state index in [1.807, 2.05) is 13.8 Å². The Morgan fingerprint density at radius 3 is 2.79 bits per heavy atom. The largest absolute Gasteiger partial charge is 0.384 e. The minimum absolute atomic E-state index is 0.295. The third-order valence-corrected chi connectivity index (χ3v) is 6.74. The van der Waals surface area contributed by atoms with Gasteiger partial charge in [0.1, 0.15) is 0 Å². The summed E-state index contributed by atoms with van der Waals surface area (Å²) in [6.07, 6.45) is 3.55. The summed E-state index contributed by atoms with van der Waals surface area (Å²) in [5.41, 5.74) is 3.26. The number of nitrogens with one attached hydrogen (secondary N) is 1. The van der Waals surface area contributed by atoms with Crippen molar-refractivity contribution in [2.45, 2.75) is 39.5 Å². The first-order chi connectivity index (χ1) is 11.4. The van der Waals surface area contributed by atoms with Gasteiger partial charge in [-0.1, -0.05) is 0 Å². The van der Waals surface area contributed by atoms with Crippen LogP contribution in [0.4, 0.5) is 0 Å². The monoisotopic (exact) mass is 358 g/mol. The van der Waals surface area contributed by atoms with Gasteiger partial charge in [-0.05, 0) is 51.0 Å². The smallest absolute Gasteiger partial charge is 0.281 e. The van der Waals surface area contributed by atoms with Crippen LogP contribution >= 0.6 is 0 Å². The van der Waals surface area contributed by atoms with Crippen LogP contribution < -0.4 is 0 Å². The summed E-state index contributed by atoms with van der Waals surface area (Å²) in [6.45, 7) is 6.27. The second-order valence-corrected chi connectivity index (χ2v) is 8.70. The van der Waals surface area contributed by atoms with Crippen LogP contribution in [0.15, 0.2) is 0 Å². The molecule has 1 fully saturated rings. The van der Waals surface area contributed by atoms with Gasteiger partial charge in [-0.15, -0.1) is 0 Å².